The van der Waals surface area contributed by atoms with Crippen molar-refractivity contribution in [2.24, 2.45) is 5.92 Å². The Labute approximate surface area is 123 Å². The number of benzene rings is 1. The van der Waals surface area contributed by atoms with Gasteiger partial charge in [-0.3, -0.25) is 4.79 Å². The first-order valence-electron chi connectivity index (χ1n) is 7.35. The van der Waals surface area contributed by atoms with E-state index in [-0.39, 0.29) is 18.1 Å². The Hall–Kier alpha value is -1.91. The lowest BCUT2D eigenvalue weighted by atomic mass is 9.89. The highest BCUT2D eigenvalue weighted by Crippen LogP contribution is 2.22. The van der Waals surface area contributed by atoms with E-state index in [0.29, 0.717) is 12.5 Å². The van der Waals surface area contributed by atoms with Crippen molar-refractivity contribution >= 4 is 11.9 Å². The van der Waals surface area contributed by atoms with Crippen molar-refractivity contribution in [3.8, 4) is 0 Å². The van der Waals surface area contributed by atoms with Crippen LogP contribution >= 0.6 is 0 Å². The number of carbonyl (C=O) groups is 2. The highest BCUT2D eigenvalue weighted by Gasteiger charge is 2.16. The molecule has 21 heavy (non-hydrogen) atoms. The minimum Gasteiger partial charge on any atom is -0.452 e. The van der Waals surface area contributed by atoms with Crippen molar-refractivity contribution in [2.45, 2.75) is 32.1 Å². The van der Waals surface area contributed by atoms with Crippen LogP contribution < -0.4 is 5.32 Å². The molecule has 1 aromatic rings. The molecule has 1 fully saturated rings. The van der Waals surface area contributed by atoms with Crippen molar-refractivity contribution in [1.82, 2.24) is 5.32 Å². The zero-order valence-electron chi connectivity index (χ0n) is 11.9. The van der Waals surface area contributed by atoms with Crippen LogP contribution in [0.25, 0.3) is 0 Å². The standard InChI is InChI=1S/C16H20FNO3/c17-14-9-5-4-8-13(14)16(20)21-11-15(19)18-10-12-6-2-1-3-7-12/h4-5,8-9,12H,1-3,6-7,10-11H2,(H,18,19). The number of hydrogen-bond acceptors (Lipinski definition) is 3. The lowest BCUT2D eigenvalue weighted by Gasteiger charge is -2.21. The lowest BCUT2D eigenvalue weighted by molar-refractivity contribution is -0.124. The summed E-state index contributed by atoms with van der Waals surface area (Å²) >= 11 is 0. The zero-order chi connectivity index (χ0) is 15.1. The molecule has 4 nitrogen and oxygen atoms in total. The van der Waals surface area contributed by atoms with Gasteiger partial charge >= 0.3 is 5.97 Å². The van der Waals surface area contributed by atoms with E-state index in [1.54, 1.807) is 6.07 Å². The first-order valence-corrected chi connectivity index (χ1v) is 7.35. The van der Waals surface area contributed by atoms with E-state index < -0.39 is 11.8 Å². The maximum Gasteiger partial charge on any atom is 0.341 e. The predicted octanol–water partition coefficient (Wildman–Crippen LogP) is 2.68. The van der Waals surface area contributed by atoms with Crippen LogP contribution in [0.15, 0.2) is 24.3 Å². The molecule has 0 saturated heterocycles. The van der Waals surface area contributed by atoms with E-state index >= 15 is 0 Å². The molecule has 2 rings (SSSR count). The van der Waals surface area contributed by atoms with Gasteiger partial charge in [-0.25, -0.2) is 9.18 Å². The Morgan fingerprint density at radius 1 is 1.19 bits per heavy atom. The third-order valence-corrected chi connectivity index (χ3v) is 3.74. The summed E-state index contributed by atoms with van der Waals surface area (Å²) in [4.78, 5) is 23.3. The number of hydrogen-bond donors (Lipinski definition) is 1. The largest absolute Gasteiger partial charge is 0.452 e. The molecular weight excluding hydrogens is 273 g/mol. The maximum absolute atomic E-state index is 13.4. The second-order valence-corrected chi connectivity index (χ2v) is 5.36. The Morgan fingerprint density at radius 2 is 1.90 bits per heavy atom. The first kappa shape index (κ1) is 15.5. The minimum atomic E-state index is -0.819. The molecule has 0 aliphatic heterocycles. The number of nitrogens with one attached hydrogen (secondary N) is 1. The Kier molecular flexibility index (Phi) is 5.72. The summed E-state index contributed by atoms with van der Waals surface area (Å²) < 4.78 is 18.2. The fourth-order valence-electron chi connectivity index (χ4n) is 2.54. The molecule has 0 atom stereocenters. The Balaban J connectivity index is 1.71. The van der Waals surface area contributed by atoms with Crippen LogP contribution in [-0.4, -0.2) is 25.0 Å². The van der Waals surface area contributed by atoms with Gasteiger partial charge in [-0.2, -0.15) is 0 Å². The third kappa shape index (κ3) is 4.85. The summed E-state index contributed by atoms with van der Waals surface area (Å²) in [6.45, 7) is 0.246. The normalized spacial score (nSPS) is 15.5. The molecule has 0 heterocycles. The number of esters is 1. The van der Waals surface area contributed by atoms with Gasteiger partial charge in [0.1, 0.15) is 5.82 Å². The lowest BCUT2D eigenvalue weighted by Crippen LogP contribution is -2.33. The molecule has 1 amide bonds. The molecule has 1 aliphatic carbocycles. The molecular formula is C16H20FNO3. The molecule has 1 saturated carbocycles. The number of ether oxygens (including phenoxy) is 1. The number of rotatable bonds is 5. The zero-order valence-corrected chi connectivity index (χ0v) is 11.9. The Morgan fingerprint density at radius 3 is 2.62 bits per heavy atom. The van der Waals surface area contributed by atoms with Crippen molar-refractivity contribution in [3.63, 3.8) is 0 Å². The van der Waals surface area contributed by atoms with E-state index in [2.05, 4.69) is 5.32 Å². The average molecular weight is 293 g/mol. The van der Waals surface area contributed by atoms with Gasteiger partial charge in [-0.1, -0.05) is 31.4 Å². The Bertz CT molecular complexity index is 498. The van der Waals surface area contributed by atoms with Crippen LogP contribution in [0.2, 0.25) is 0 Å². The van der Waals surface area contributed by atoms with Gasteiger partial charge < -0.3 is 10.1 Å². The van der Waals surface area contributed by atoms with E-state index in [0.717, 1.165) is 12.8 Å². The highest BCUT2D eigenvalue weighted by molar-refractivity contribution is 5.91. The predicted molar refractivity (Wildman–Crippen MR) is 76.3 cm³/mol. The van der Waals surface area contributed by atoms with Gasteiger partial charge in [-0.05, 0) is 30.9 Å². The molecule has 114 valence electrons. The van der Waals surface area contributed by atoms with Gasteiger partial charge in [-0.15, -0.1) is 0 Å². The van der Waals surface area contributed by atoms with Gasteiger partial charge in [0.25, 0.3) is 5.91 Å². The summed E-state index contributed by atoms with van der Waals surface area (Å²) in [7, 11) is 0. The van der Waals surface area contributed by atoms with Gasteiger partial charge in [0, 0.05) is 6.54 Å². The molecule has 0 spiro atoms. The van der Waals surface area contributed by atoms with Gasteiger partial charge in [0.2, 0.25) is 0 Å². The molecule has 0 unspecified atom stereocenters. The monoisotopic (exact) mass is 293 g/mol. The molecule has 0 aromatic heterocycles. The average Bonchev–Trinajstić information content (AvgIpc) is 2.52. The van der Waals surface area contributed by atoms with Crippen LogP contribution in [0, 0.1) is 11.7 Å². The molecule has 5 heteroatoms. The van der Waals surface area contributed by atoms with Gasteiger partial charge in [0.05, 0.1) is 5.56 Å². The highest BCUT2D eigenvalue weighted by atomic mass is 19.1. The minimum absolute atomic E-state index is 0.155. The summed E-state index contributed by atoms with van der Waals surface area (Å²) in [5.41, 5.74) is -0.155. The van der Waals surface area contributed by atoms with E-state index in [9.17, 15) is 14.0 Å². The van der Waals surface area contributed by atoms with Crippen LogP contribution in [0.1, 0.15) is 42.5 Å². The summed E-state index contributed by atoms with van der Waals surface area (Å²) in [5, 5.41) is 2.76. The number of halogens is 1. The first-order chi connectivity index (χ1) is 10.2. The van der Waals surface area contributed by atoms with Crippen LogP contribution in [0.5, 0.6) is 0 Å². The third-order valence-electron chi connectivity index (χ3n) is 3.74. The summed E-state index contributed by atoms with van der Waals surface area (Å²) in [6, 6.07) is 5.54. The quantitative estimate of drug-likeness (QED) is 0.849. The van der Waals surface area contributed by atoms with Crippen LogP contribution in [0.3, 0.4) is 0 Å². The van der Waals surface area contributed by atoms with Crippen molar-refractivity contribution in [1.29, 1.82) is 0 Å². The number of amides is 1. The van der Waals surface area contributed by atoms with Crippen molar-refractivity contribution in [3.05, 3.63) is 35.6 Å². The second-order valence-electron chi connectivity index (χ2n) is 5.36. The molecule has 1 aliphatic rings. The van der Waals surface area contributed by atoms with Gasteiger partial charge in [0.15, 0.2) is 6.61 Å². The molecule has 1 aromatic carbocycles. The topological polar surface area (TPSA) is 55.4 Å². The molecule has 0 bridgehead atoms. The number of carbonyl (C=O) groups excluding carboxylic acids is 2. The fraction of sp³-hybridized carbons (Fsp3) is 0.500. The smallest absolute Gasteiger partial charge is 0.341 e. The van der Waals surface area contributed by atoms with Crippen molar-refractivity contribution in [2.75, 3.05) is 13.2 Å². The SMILES string of the molecule is O=C(COC(=O)c1ccccc1F)NCC1CCCCC1. The molecule has 1 N–H and O–H groups in total. The van der Waals surface area contributed by atoms with Crippen LogP contribution in [0.4, 0.5) is 4.39 Å². The molecule has 0 radical (unpaired) electrons. The fourth-order valence-corrected chi connectivity index (χ4v) is 2.54. The van der Waals surface area contributed by atoms with E-state index in [1.165, 1.54) is 37.5 Å². The van der Waals surface area contributed by atoms with Crippen LogP contribution in [-0.2, 0) is 9.53 Å². The summed E-state index contributed by atoms with van der Waals surface area (Å²) in [5.74, 6) is -1.29. The summed E-state index contributed by atoms with van der Waals surface area (Å²) in [6.07, 6.45) is 5.96. The maximum atomic E-state index is 13.4. The second kappa shape index (κ2) is 7.76. The van der Waals surface area contributed by atoms with E-state index in [1.807, 2.05) is 0 Å². The van der Waals surface area contributed by atoms with Crippen molar-refractivity contribution < 1.29 is 18.7 Å². The van der Waals surface area contributed by atoms with E-state index in [4.69, 9.17) is 4.74 Å².